The molecule has 0 radical (unpaired) electrons. The third-order valence-corrected chi connectivity index (χ3v) is 8.48. The summed E-state index contributed by atoms with van der Waals surface area (Å²) in [4.78, 5) is 20.2. The molecular weight excluding hydrogens is 572 g/mol. The summed E-state index contributed by atoms with van der Waals surface area (Å²) in [5.41, 5.74) is 6.20. The summed E-state index contributed by atoms with van der Waals surface area (Å²) in [7, 11) is 1.61. The van der Waals surface area contributed by atoms with Crippen molar-refractivity contribution >= 4 is 32.9 Å². The number of halogens is 1. The predicted octanol–water partition coefficient (Wildman–Crippen LogP) is 5.79. The molecule has 1 atom stereocenters. The van der Waals surface area contributed by atoms with E-state index in [9.17, 15) is 4.79 Å². The lowest BCUT2D eigenvalue weighted by Crippen LogP contribution is -2.50. The molecule has 0 aliphatic carbocycles. The van der Waals surface area contributed by atoms with Crippen molar-refractivity contribution in [2.75, 3.05) is 20.2 Å². The average Bonchev–Trinajstić information content (AvgIpc) is 3.57. The number of hydrogen-bond donors (Lipinski definition) is 0. The first kappa shape index (κ1) is 26.2. The minimum Gasteiger partial charge on any atom is -0.496 e. The van der Waals surface area contributed by atoms with E-state index in [2.05, 4.69) is 68.4 Å². The number of benzene rings is 2. The van der Waals surface area contributed by atoms with E-state index >= 15 is 0 Å². The molecule has 0 unspecified atom stereocenters. The summed E-state index contributed by atoms with van der Waals surface area (Å²) in [5.74, 6) is 0.925. The molecule has 5 aromatic rings. The molecule has 40 heavy (non-hydrogen) atoms. The van der Waals surface area contributed by atoms with E-state index in [1.165, 1.54) is 11.1 Å². The number of para-hydroxylation sites is 1. The number of nitrogens with zero attached hydrogens (tertiary/aromatic N) is 6. The van der Waals surface area contributed by atoms with Crippen LogP contribution in [0.3, 0.4) is 0 Å². The quantitative estimate of drug-likeness (QED) is 0.233. The molecular formula is C30H29BrN6O3. The second-order valence-electron chi connectivity index (χ2n) is 10.4. The van der Waals surface area contributed by atoms with Gasteiger partial charge in [0.25, 0.3) is 11.6 Å². The number of hydrogen-bond acceptors (Lipinski definition) is 7. The number of pyridine rings is 1. The second-order valence-corrected chi connectivity index (χ2v) is 11.2. The lowest BCUT2D eigenvalue weighted by Gasteiger charge is -2.39. The maximum absolute atomic E-state index is 13.7. The Kier molecular flexibility index (Phi) is 6.87. The average molecular weight is 602 g/mol. The zero-order chi connectivity index (χ0) is 28.0. The van der Waals surface area contributed by atoms with E-state index in [1.54, 1.807) is 7.11 Å². The van der Waals surface area contributed by atoms with Crippen LogP contribution < -0.4 is 4.74 Å². The van der Waals surface area contributed by atoms with Gasteiger partial charge in [-0.3, -0.25) is 4.79 Å². The molecule has 204 valence electrons. The van der Waals surface area contributed by atoms with Gasteiger partial charge in [-0.1, -0.05) is 50.6 Å². The van der Waals surface area contributed by atoms with Crippen LogP contribution in [-0.4, -0.2) is 56.1 Å². The fourth-order valence-corrected chi connectivity index (χ4v) is 5.51. The van der Waals surface area contributed by atoms with Gasteiger partial charge in [0.1, 0.15) is 5.75 Å². The van der Waals surface area contributed by atoms with E-state index in [0.717, 1.165) is 22.2 Å². The van der Waals surface area contributed by atoms with Crippen molar-refractivity contribution in [2.45, 2.75) is 33.2 Å². The standard InChI is InChI=1S/C30H29BrN6O3/c1-17-11-21(9-10-25(17)31)19(3)37-16-22(33-35-37)12-20-14-36(15-20)30(38)24-13-26(23-7-5-6-8-27(23)39-4)32-29-28(24)18(2)34-40-29/h5-11,13,16,19-20H,12,14-15H2,1-4H3/t19-/m0/s1. The zero-order valence-electron chi connectivity index (χ0n) is 22.8. The Labute approximate surface area is 240 Å². The molecule has 9 nitrogen and oxygen atoms in total. The number of likely N-dealkylation sites (tertiary alicyclic amines) is 1. The second kappa shape index (κ2) is 10.5. The van der Waals surface area contributed by atoms with Crippen molar-refractivity contribution in [3.63, 3.8) is 0 Å². The fourth-order valence-electron chi connectivity index (χ4n) is 5.27. The Morgan fingerprint density at radius 1 is 1.18 bits per heavy atom. The van der Waals surface area contributed by atoms with Crippen LogP contribution in [0.1, 0.15) is 45.8 Å². The maximum Gasteiger partial charge on any atom is 0.259 e. The maximum atomic E-state index is 13.7. The first-order valence-corrected chi connectivity index (χ1v) is 14.0. The molecule has 1 amide bonds. The Balaban J connectivity index is 1.17. The number of ether oxygens (including phenoxy) is 1. The first-order valence-electron chi connectivity index (χ1n) is 13.2. The van der Waals surface area contributed by atoms with Crippen molar-refractivity contribution in [2.24, 2.45) is 5.92 Å². The molecule has 0 spiro atoms. The minimum atomic E-state index is -0.0611. The van der Waals surface area contributed by atoms with Crippen LogP contribution in [0.5, 0.6) is 5.75 Å². The van der Waals surface area contributed by atoms with Crippen LogP contribution in [-0.2, 0) is 6.42 Å². The van der Waals surface area contributed by atoms with E-state index in [0.29, 0.717) is 52.8 Å². The number of aryl methyl sites for hydroxylation is 2. The normalized spacial score (nSPS) is 14.4. The van der Waals surface area contributed by atoms with Crippen LogP contribution in [0.2, 0.25) is 0 Å². The molecule has 0 N–H and O–H groups in total. The molecule has 1 aliphatic heterocycles. The van der Waals surface area contributed by atoms with Crippen molar-refractivity contribution in [1.29, 1.82) is 0 Å². The number of aromatic nitrogens is 5. The number of carbonyl (C=O) groups excluding carboxylic acids is 1. The molecule has 0 saturated carbocycles. The van der Waals surface area contributed by atoms with Gasteiger partial charge in [-0.15, -0.1) is 5.10 Å². The smallest absolute Gasteiger partial charge is 0.259 e. The monoisotopic (exact) mass is 600 g/mol. The van der Waals surface area contributed by atoms with Gasteiger partial charge in [-0.25, -0.2) is 9.67 Å². The lowest BCUT2D eigenvalue weighted by atomic mass is 9.93. The molecule has 0 bridgehead atoms. The van der Waals surface area contributed by atoms with Crippen LogP contribution in [0.15, 0.2) is 63.7 Å². The van der Waals surface area contributed by atoms with Gasteiger partial charge in [0.2, 0.25) is 0 Å². The number of amides is 1. The molecule has 10 heteroatoms. The first-order chi connectivity index (χ1) is 19.3. The number of fused-ring (bicyclic) bond motifs is 1. The summed E-state index contributed by atoms with van der Waals surface area (Å²) < 4.78 is 14.0. The topological polar surface area (TPSA) is 99.2 Å². The van der Waals surface area contributed by atoms with Crippen molar-refractivity contribution < 1.29 is 14.1 Å². The Morgan fingerprint density at radius 2 is 1.98 bits per heavy atom. The van der Waals surface area contributed by atoms with Crippen LogP contribution in [0.4, 0.5) is 0 Å². The number of rotatable bonds is 7. The van der Waals surface area contributed by atoms with Crippen molar-refractivity contribution in [3.8, 4) is 17.0 Å². The molecule has 1 saturated heterocycles. The highest BCUT2D eigenvalue weighted by Crippen LogP contribution is 2.34. The minimum absolute atomic E-state index is 0.0611. The SMILES string of the molecule is COc1ccccc1-c1cc(C(=O)N2CC(Cc3cn([C@@H](C)c4ccc(Br)c(C)c4)nn3)C2)c2c(C)noc2n1. The molecule has 4 heterocycles. The summed E-state index contributed by atoms with van der Waals surface area (Å²) in [6.45, 7) is 7.31. The Morgan fingerprint density at radius 3 is 2.75 bits per heavy atom. The highest BCUT2D eigenvalue weighted by Gasteiger charge is 2.34. The van der Waals surface area contributed by atoms with Gasteiger partial charge in [0.05, 0.1) is 41.2 Å². The molecule has 2 aromatic carbocycles. The number of carbonyl (C=O) groups is 1. The van der Waals surface area contributed by atoms with Gasteiger partial charge >= 0.3 is 0 Å². The van der Waals surface area contributed by atoms with Crippen LogP contribution >= 0.6 is 15.9 Å². The van der Waals surface area contributed by atoms with Crippen LogP contribution in [0.25, 0.3) is 22.4 Å². The summed E-state index contributed by atoms with van der Waals surface area (Å²) >= 11 is 3.56. The largest absolute Gasteiger partial charge is 0.496 e. The Bertz CT molecular complexity index is 1720. The summed E-state index contributed by atoms with van der Waals surface area (Å²) in [5, 5.41) is 13.5. The number of methoxy groups -OCH3 is 1. The van der Waals surface area contributed by atoms with Crippen LogP contribution in [0, 0.1) is 19.8 Å². The molecule has 6 rings (SSSR count). The third-order valence-electron chi connectivity index (χ3n) is 7.59. The van der Waals surface area contributed by atoms with E-state index < -0.39 is 0 Å². The van der Waals surface area contributed by atoms with Gasteiger partial charge in [-0.2, -0.15) is 0 Å². The van der Waals surface area contributed by atoms with Gasteiger partial charge in [0, 0.05) is 29.3 Å². The molecule has 3 aromatic heterocycles. The lowest BCUT2D eigenvalue weighted by molar-refractivity contribution is 0.0501. The highest BCUT2D eigenvalue weighted by atomic mass is 79.9. The third kappa shape index (κ3) is 4.77. The fraction of sp³-hybridized carbons (Fsp3) is 0.300. The molecule has 1 aliphatic rings. The van der Waals surface area contributed by atoms with Gasteiger partial charge in [0.15, 0.2) is 0 Å². The predicted molar refractivity (Wildman–Crippen MR) is 154 cm³/mol. The van der Waals surface area contributed by atoms with Gasteiger partial charge < -0.3 is 14.2 Å². The summed E-state index contributed by atoms with van der Waals surface area (Å²) in [6.07, 6.45) is 2.78. The van der Waals surface area contributed by atoms with Gasteiger partial charge in [-0.05, 0) is 68.5 Å². The van der Waals surface area contributed by atoms with E-state index in [4.69, 9.17) is 9.26 Å². The van der Waals surface area contributed by atoms with E-state index in [1.807, 2.05) is 53.0 Å². The van der Waals surface area contributed by atoms with E-state index in [-0.39, 0.29) is 11.9 Å². The molecule has 1 fully saturated rings. The van der Waals surface area contributed by atoms with Crippen molar-refractivity contribution in [3.05, 3.63) is 87.3 Å². The van der Waals surface area contributed by atoms with Crippen molar-refractivity contribution in [1.82, 2.24) is 30.0 Å². The highest BCUT2D eigenvalue weighted by molar-refractivity contribution is 9.10. The Hall–Kier alpha value is -4.05. The summed E-state index contributed by atoms with van der Waals surface area (Å²) in [6, 6.07) is 15.8. The zero-order valence-corrected chi connectivity index (χ0v) is 24.3.